The van der Waals surface area contributed by atoms with Crippen LogP contribution in [0.4, 0.5) is 0 Å². The molecule has 1 aromatic carbocycles. The van der Waals surface area contributed by atoms with E-state index in [2.05, 4.69) is 9.97 Å². The summed E-state index contributed by atoms with van der Waals surface area (Å²) < 4.78 is 12.3. The summed E-state index contributed by atoms with van der Waals surface area (Å²) >= 11 is 7.44. The predicted octanol–water partition coefficient (Wildman–Crippen LogP) is 3.59. The van der Waals surface area contributed by atoms with Crippen LogP contribution in [-0.4, -0.2) is 28.3 Å². The maximum absolute atomic E-state index is 12.8. The highest BCUT2D eigenvalue weighted by Crippen LogP contribution is 2.24. The van der Waals surface area contributed by atoms with Crippen molar-refractivity contribution in [1.82, 2.24) is 14.5 Å². The summed E-state index contributed by atoms with van der Waals surface area (Å²) in [4.78, 5) is 21.8. The summed E-state index contributed by atoms with van der Waals surface area (Å²) in [5.74, 6) is 1.89. The Bertz CT molecular complexity index is 948. The number of thioether (sulfide) groups is 1. The van der Waals surface area contributed by atoms with E-state index in [4.69, 9.17) is 20.8 Å². The molecule has 25 heavy (non-hydrogen) atoms. The van der Waals surface area contributed by atoms with Crippen LogP contribution in [0.1, 0.15) is 17.3 Å². The van der Waals surface area contributed by atoms with E-state index in [0.717, 1.165) is 11.5 Å². The molecule has 0 amide bonds. The fraction of sp³-hybridized carbons (Fsp3) is 0.353. The van der Waals surface area contributed by atoms with Crippen LogP contribution in [0.15, 0.2) is 32.6 Å². The van der Waals surface area contributed by atoms with Gasteiger partial charge in [-0.1, -0.05) is 23.4 Å². The van der Waals surface area contributed by atoms with Gasteiger partial charge in [0.25, 0.3) is 5.56 Å². The van der Waals surface area contributed by atoms with Crippen LogP contribution >= 0.6 is 23.4 Å². The molecule has 8 heteroatoms. The van der Waals surface area contributed by atoms with Gasteiger partial charge in [0.1, 0.15) is 5.76 Å². The molecule has 0 aliphatic carbocycles. The SMILES string of the molecule is COCCn1c(SCc2nc(C)c(C)o2)nc2cc(Cl)ccc2c1=O. The molecule has 0 radical (unpaired) electrons. The quantitative estimate of drug-likeness (QED) is 0.481. The molecule has 0 bridgehead atoms. The molecular formula is C17H18ClN3O3S. The highest BCUT2D eigenvalue weighted by Gasteiger charge is 2.14. The first-order valence-electron chi connectivity index (χ1n) is 7.74. The Morgan fingerprint density at radius 1 is 1.32 bits per heavy atom. The number of aryl methyl sites for hydroxylation is 2. The van der Waals surface area contributed by atoms with E-state index < -0.39 is 0 Å². The van der Waals surface area contributed by atoms with Crippen molar-refractivity contribution in [2.75, 3.05) is 13.7 Å². The maximum Gasteiger partial charge on any atom is 0.262 e. The number of rotatable bonds is 6. The van der Waals surface area contributed by atoms with Crippen molar-refractivity contribution in [3.8, 4) is 0 Å². The Balaban J connectivity index is 1.99. The molecule has 0 fully saturated rings. The van der Waals surface area contributed by atoms with Gasteiger partial charge < -0.3 is 9.15 Å². The number of nitrogens with zero attached hydrogens (tertiary/aromatic N) is 3. The number of hydrogen-bond acceptors (Lipinski definition) is 6. The van der Waals surface area contributed by atoms with Crippen molar-refractivity contribution in [1.29, 1.82) is 0 Å². The number of ether oxygens (including phenoxy) is 1. The number of methoxy groups -OCH3 is 1. The number of halogens is 1. The van der Waals surface area contributed by atoms with Gasteiger partial charge in [0.2, 0.25) is 5.89 Å². The molecular weight excluding hydrogens is 362 g/mol. The minimum absolute atomic E-state index is 0.110. The summed E-state index contributed by atoms with van der Waals surface area (Å²) in [7, 11) is 1.60. The Kier molecular flexibility index (Phi) is 5.46. The molecule has 0 N–H and O–H groups in total. The molecule has 0 aliphatic rings. The van der Waals surface area contributed by atoms with Gasteiger partial charge >= 0.3 is 0 Å². The van der Waals surface area contributed by atoms with Crippen molar-refractivity contribution < 1.29 is 9.15 Å². The van der Waals surface area contributed by atoms with Gasteiger partial charge in [-0.05, 0) is 32.0 Å². The van der Waals surface area contributed by atoms with E-state index in [9.17, 15) is 4.79 Å². The second-order valence-corrected chi connectivity index (χ2v) is 6.92. The monoisotopic (exact) mass is 379 g/mol. The summed E-state index contributed by atoms with van der Waals surface area (Å²) in [5.41, 5.74) is 1.33. The second-order valence-electron chi connectivity index (χ2n) is 5.54. The molecule has 132 valence electrons. The standard InChI is InChI=1S/C17H18ClN3O3S/c1-10-11(2)24-15(19-10)9-25-17-20-14-8-12(18)4-5-13(14)16(22)21(17)6-7-23-3/h4-5,8H,6-7,9H2,1-3H3. The number of benzene rings is 1. The van der Waals surface area contributed by atoms with Crippen LogP contribution in [0.5, 0.6) is 0 Å². The molecule has 0 spiro atoms. The van der Waals surface area contributed by atoms with Crippen LogP contribution in [0.3, 0.4) is 0 Å². The fourth-order valence-electron chi connectivity index (χ4n) is 2.39. The lowest BCUT2D eigenvalue weighted by atomic mass is 10.2. The van der Waals surface area contributed by atoms with E-state index >= 15 is 0 Å². The van der Waals surface area contributed by atoms with Crippen LogP contribution in [0.25, 0.3) is 10.9 Å². The van der Waals surface area contributed by atoms with Gasteiger partial charge in [0.05, 0.1) is 35.5 Å². The molecule has 0 atom stereocenters. The van der Waals surface area contributed by atoms with Crippen molar-refractivity contribution in [3.05, 3.63) is 50.9 Å². The van der Waals surface area contributed by atoms with Crippen LogP contribution < -0.4 is 5.56 Å². The Morgan fingerprint density at radius 2 is 2.12 bits per heavy atom. The lowest BCUT2D eigenvalue weighted by Gasteiger charge is -2.12. The third kappa shape index (κ3) is 3.89. The normalized spacial score (nSPS) is 11.4. The van der Waals surface area contributed by atoms with Gasteiger partial charge in [0, 0.05) is 12.1 Å². The largest absolute Gasteiger partial charge is 0.445 e. The zero-order valence-electron chi connectivity index (χ0n) is 14.2. The first-order chi connectivity index (χ1) is 12.0. The Morgan fingerprint density at radius 3 is 2.80 bits per heavy atom. The van der Waals surface area contributed by atoms with Gasteiger partial charge in [0.15, 0.2) is 5.16 Å². The summed E-state index contributed by atoms with van der Waals surface area (Å²) in [5, 5.41) is 1.67. The minimum atomic E-state index is -0.110. The van der Waals surface area contributed by atoms with E-state index in [1.165, 1.54) is 11.8 Å². The van der Waals surface area contributed by atoms with Gasteiger partial charge in [-0.25, -0.2) is 9.97 Å². The van der Waals surface area contributed by atoms with E-state index in [1.807, 2.05) is 13.8 Å². The van der Waals surface area contributed by atoms with Crippen LogP contribution in [0.2, 0.25) is 5.02 Å². The molecule has 3 aromatic rings. The van der Waals surface area contributed by atoms with Crippen molar-refractivity contribution >= 4 is 34.3 Å². The molecule has 0 aliphatic heterocycles. The average molecular weight is 380 g/mol. The van der Waals surface area contributed by atoms with Crippen LogP contribution in [-0.2, 0) is 17.0 Å². The highest BCUT2D eigenvalue weighted by molar-refractivity contribution is 7.98. The van der Waals surface area contributed by atoms with E-state index in [-0.39, 0.29) is 5.56 Å². The smallest absolute Gasteiger partial charge is 0.262 e. The molecule has 0 saturated heterocycles. The Hall–Kier alpha value is -1.83. The fourth-order valence-corrected chi connectivity index (χ4v) is 3.43. The molecule has 0 unspecified atom stereocenters. The number of oxazole rings is 1. The first-order valence-corrected chi connectivity index (χ1v) is 9.10. The molecule has 3 rings (SSSR count). The summed E-state index contributed by atoms with van der Waals surface area (Å²) in [6.07, 6.45) is 0. The van der Waals surface area contributed by atoms with Crippen molar-refractivity contribution in [2.24, 2.45) is 0 Å². The van der Waals surface area contributed by atoms with Crippen LogP contribution in [0, 0.1) is 13.8 Å². The number of aromatic nitrogens is 3. The van der Waals surface area contributed by atoms with E-state index in [1.54, 1.807) is 29.9 Å². The molecule has 2 aromatic heterocycles. The maximum atomic E-state index is 12.8. The number of hydrogen-bond donors (Lipinski definition) is 0. The average Bonchev–Trinajstić information content (AvgIpc) is 2.90. The Labute approximate surface area is 154 Å². The third-order valence-corrected chi connectivity index (χ3v) is 5.00. The number of fused-ring (bicyclic) bond motifs is 1. The third-order valence-electron chi connectivity index (χ3n) is 3.80. The predicted molar refractivity (Wildman–Crippen MR) is 98.4 cm³/mol. The van der Waals surface area contributed by atoms with Gasteiger partial charge in [-0.15, -0.1) is 0 Å². The highest BCUT2D eigenvalue weighted by atomic mass is 35.5. The first kappa shape index (κ1) is 18.0. The van der Waals surface area contributed by atoms with Gasteiger partial charge in [-0.3, -0.25) is 9.36 Å². The van der Waals surface area contributed by atoms with E-state index in [0.29, 0.717) is 45.9 Å². The zero-order valence-corrected chi connectivity index (χ0v) is 15.8. The molecule has 6 nitrogen and oxygen atoms in total. The summed E-state index contributed by atoms with van der Waals surface area (Å²) in [6, 6.07) is 5.09. The topological polar surface area (TPSA) is 70.2 Å². The minimum Gasteiger partial charge on any atom is -0.445 e. The molecule has 2 heterocycles. The van der Waals surface area contributed by atoms with Gasteiger partial charge in [-0.2, -0.15) is 0 Å². The molecule has 0 saturated carbocycles. The second kappa shape index (κ2) is 7.59. The van der Waals surface area contributed by atoms with Crippen molar-refractivity contribution in [2.45, 2.75) is 31.3 Å². The lowest BCUT2D eigenvalue weighted by molar-refractivity contribution is 0.183. The summed E-state index contributed by atoms with van der Waals surface area (Å²) in [6.45, 7) is 4.62. The zero-order chi connectivity index (χ0) is 18.0. The van der Waals surface area contributed by atoms with Crippen molar-refractivity contribution in [3.63, 3.8) is 0 Å². The lowest BCUT2D eigenvalue weighted by Crippen LogP contribution is -2.25.